The maximum absolute atomic E-state index is 12.9. The zero-order valence-electron chi connectivity index (χ0n) is 14.5. The third-order valence-corrected chi connectivity index (χ3v) is 6.25. The van der Waals surface area contributed by atoms with Crippen molar-refractivity contribution >= 4 is 33.7 Å². The highest BCUT2D eigenvalue weighted by atomic mass is 32.1. The van der Waals surface area contributed by atoms with Crippen LogP contribution >= 0.6 is 22.7 Å². The molecule has 1 aliphatic rings. The first-order valence-electron chi connectivity index (χ1n) is 8.52. The van der Waals surface area contributed by atoms with Crippen LogP contribution in [0.25, 0.3) is 0 Å². The minimum atomic E-state index is 0.0269. The molecule has 1 saturated heterocycles. The van der Waals surface area contributed by atoms with E-state index in [1.165, 1.54) is 11.3 Å². The van der Waals surface area contributed by atoms with E-state index in [2.05, 4.69) is 24.9 Å². The SMILES string of the molecule is Cc1nc(N)sc1C(=O)N1CCC[C@@H](c2nccn2Cc2cscn2)C1. The van der Waals surface area contributed by atoms with Crippen molar-refractivity contribution in [2.45, 2.75) is 32.2 Å². The Morgan fingerprint density at radius 2 is 2.31 bits per heavy atom. The number of rotatable bonds is 4. The van der Waals surface area contributed by atoms with Crippen LogP contribution in [-0.2, 0) is 6.54 Å². The van der Waals surface area contributed by atoms with Crippen molar-refractivity contribution in [3.63, 3.8) is 0 Å². The summed E-state index contributed by atoms with van der Waals surface area (Å²) in [4.78, 5) is 28.6. The van der Waals surface area contributed by atoms with Crippen LogP contribution in [0, 0.1) is 6.92 Å². The molecule has 0 aliphatic carbocycles. The average molecular weight is 389 g/mol. The molecule has 3 aromatic heterocycles. The zero-order chi connectivity index (χ0) is 18.1. The second-order valence-corrected chi connectivity index (χ2v) is 8.20. The van der Waals surface area contributed by atoms with E-state index in [-0.39, 0.29) is 11.8 Å². The summed E-state index contributed by atoms with van der Waals surface area (Å²) in [5, 5.41) is 2.50. The average Bonchev–Trinajstić information content (AvgIpc) is 3.37. The molecular formula is C17H20N6OS2. The quantitative estimate of drug-likeness (QED) is 0.742. The van der Waals surface area contributed by atoms with Gasteiger partial charge in [0.05, 0.1) is 23.4 Å². The highest BCUT2D eigenvalue weighted by molar-refractivity contribution is 7.17. The fraction of sp³-hybridized carbons (Fsp3) is 0.412. The highest BCUT2D eigenvalue weighted by Gasteiger charge is 2.29. The molecule has 0 spiro atoms. The maximum atomic E-state index is 12.9. The Bertz CT molecular complexity index is 900. The van der Waals surface area contributed by atoms with Gasteiger partial charge in [0.1, 0.15) is 10.7 Å². The molecule has 3 aromatic rings. The minimum absolute atomic E-state index is 0.0269. The first kappa shape index (κ1) is 17.2. The number of amides is 1. The smallest absolute Gasteiger partial charge is 0.265 e. The van der Waals surface area contributed by atoms with Crippen LogP contribution in [0.3, 0.4) is 0 Å². The van der Waals surface area contributed by atoms with Gasteiger partial charge in [-0.2, -0.15) is 0 Å². The molecule has 136 valence electrons. The molecule has 4 heterocycles. The van der Waals surface area contributed by atoms with Crippen LogP contribution in [-0.4, -0.2) is 43.4 Å². The first-order valence-corrected chi connectivity index (χ1v) is 10.3. The molecule has 2 N–H and O–H groups in total. The van der Waals surface area contributed by atoms with E-state index in [0.717, 1.165) is 30.9 Å². The Hall–Kier alpha value is -2.26. The fourth-order valence-corrected chi connectivity index (χ4v) is 4.79. The van der Waals surface area contributed by atoms with Crippen molar-refractivity contribution < 1.29 is 4.79 Å². The number of imidazole rings is 1. The van der Waals surface area contributed by atoms with Gasteiger partial charge in [0.25, 0.3) is 5.91 Å². The van der Waals surface area contributed by atoms with Crippen LogP contribution in [0.5, 0.6) is 0 Å². The Morgan fingerprint density at radius 3 is 3.04 bits per heavy atom. The van der Waals surface area contributed by atoms with Gasteiger partial charge < -0.3 is 15.2 Å². The summed E-state index contributed by atoms with van der Waals surface area (Å²) in [5.74, 6) is 1.28. The summed E-state index contributed by atoms with van der Waals surface area (Å²) in [6.45, 7) is 3.99. The van der Waals surface area contributed by atoms with E-state index in [1.807, 2.05) is 29.7 Å². The minimum Gasteiger partial charge on any atom is -0.375 e. The monoisotopic (exact) mass is 388 g/mol. The lowest BCUT2D eigenvalue weighted by atomic mass is 9.97. The van der Waals surface area contributed by atoms with Crippen molar-refractivity contribution in [3.8, 4) is 0 Å². The number of hydrogen-bond acceptors (Lipinski definition) is 7. The van der Waals surface area contributed by atoms with Gasteiger partial charge in [-0.05, 0) is 19.8 Å². The van der Waals surface area contributed by atoms with Crippen molar-refractivity contribution in [3.05, 3.63) is 45.4 Å². The van der Waals surface area contributed by atoms with Crippen molar-refractivity contribution in [2.75, 3.05) is 18.8 Å². The van der Waals surface area contributed by atoms with Crippen LogP contribution < -0.4 is 5.73 Å². The van der Waals surface area contributed by atoms with Gasteiger partial charge in [-0.25, -0.2) is 15.0 Å². The number of piperidine rings is 1. The van der Waals surface area contributed by atoms with E-state index in [4.69, 9.17) is 5.73 Å². The molecule has 7 nitrogen and oxygen atoms in total. The van der Waals surface area contributed by atoms with Gasteiger partial charge in [-0.1, -0.05) is 11.3 Å². The number of thiazole rings is 2. The second kappa shape index (κ2) is 7.16. The molecule has 1 fully saturated rings. The molecule has 9 heteroatoms. The van der Waals surface area contributed by atoms with E-state index < -0.39 is 0 Å². The van der Waals surface area contributed by atoms with Gasteiger partial charge >= 0.3 is 0 Å². The number of aromatic nitrogens is 4. The molecule has 0 radical (unpaired) electrons. The predicted octanol–water partition coefficient (Wildman–Crippen LogP) is 2.75. The molecule has 1 atom stereocenters. The first-order chi connectivity index (χ1) is 12.6. The Kier molecular flexibility index (Phi) is 4.73. The van der Waals surface area contributed by atoms with Crippen molar-refractivity contribution in [1.82, 2.24) is 24.4 Å². The number of hydrogen-bond donors (Lipinski definition) is 1. The summed E-state index contributed by atoms with van der Waals surface area (Å²) >= 11 is 2.86. The highest BCUT2D eigenvalue weighted by Crippen LogP contribution is 2.29. The topological polar surface area (TPSA) is 89.9 Å². The summed E-state index contributed by atoms with van der Waals surface area (Å²) in [6.07, 6.45) is 5.81. The van der Waals surface area contributed by atoms with E-state index in [1.54, 1.807) is 11.3 Å². The standard InChI is InChI=1S/C17H20N6OS2/c1-11-14(26-17(18)21-11)16(24)23-5-2-3-12(7-23)15-19-4-6-22(15)8-13-9-25-10-20-13/h4,6,9-10,12H,2-3,5,7-8H2,1H3,(H2,18,21)/t12-/m1/s1. The molecular weight excluding hydrogens is 368 g/mol. The van der Waals surface area contributed by atoms with Gasteiger partial charge in [0.15, 0.2) is 5.13 Å². The normalized spacial score (nSPS) is 17.6. The lowest BCUT2D eigenvalue weighted by Gasteiger charge is -2.32. The van der Waals surface area contributed by atoms with Crippen LogP contribution in [0.2, 0.25) is 0 Å². The number of nitrogen functional groups attached to an aromatic ring is 1. The molecule has 0 bridgehead atoms. The molecule has 0 aromatic carbocycles. The Morgan fingerprint density at radius 1 is 1.42 bits per heavy atom. The lowest BCUT2D eigenvalue weighted by molar-refractivity contribution is 0.0707. The fourth-order valence-electron chi connectivity index (χ4n) is 3.44. The zero-order valence-corrected chi connectivity index (χ0v) is 16.1. The summed E-state index contributed by atoms with van der Waals surface area (Å²) in [7, 11) is 0. The predicted molar refractivity (Wildman–Crippen MR) is 103 cm³/mol. The third kappa shape index (κ3) is 3.36. The molecule has 1 amide bonds. The molecule has 4 rings (SSSR count). The molecule has 26 heavy (non-hydrogen) atoms. The summed E-state index contributed by atoms with van der Waals surface area (Å²) < 4.78 is 2.14. The maximum Gasteiger partial charge on any atom is 0.265 e. The number of carbonyl (C=O) groups is 1. The number of carbonyl (C=O) groups excluding carboxylic acids is 1. The number of anilines is 1. The Balaban J connectivity index is 1.51. The molecule has 0 saturated carbocycles. The molecule has 1 aliphatic heterocycles. The van der Waals surface area contributed by atoms with Gasteiger partial charge in [0.2, 0.25) is 0 Å². The summed E-state index contributed by atoms with van der Waals surface area (Å²) in [6, 6.07) is 0. The second-order valence-electron chi connectivity index (χ2n) is 6.45. The van der Waals surface area contributed by atoms with E-state index in [0.29, 0.717) is 28.8 Å². The third-order valence-electron chi connectivity index (χ3n) is 4.64. The van der Waals surface area contributed by atoms with Crippen LogP contribution in [0.4, 0.5) is 5.13 Å². The largest absolute Gasteiger partial charge is 0.375 e. The van der Waals surface area contributed by atoms with Crippen LogP contribution in [0.15, 0.2) is 23.3 Å². The van der Waals surface area contributed by atoms with Crippen LogP contribution in [0.1, 0.15) is 45.6 Å². The number of aryl methyl sites for hydroxylation is 1. The number of nitrogens with two attached hydrogens (primary N) is 1. The van der Waals surface area contributed by atoms with E-state index in [9.17, 15) is 4.79 Å². The van der Waals surface area contributed by atoms with Crippen molar-refractivity contribution in [2.24, 2.45) is 0 Å². The number of nitrogens with zero attached hydrogens (tertiary/aromatic N) is 5. The van der Waals surface area contributed by atoms with Gasteiger partial charge in [-0.15, -0.1) is 11.3 Å². The van der Waals surface area contributed by atoms with Gasteiger partial charge in [-0.3, -0.25) is 4.79 Å². The summed E-state index contributed by atoms with van der Waals surface area (Å²) in [5.41, 5.74) is 9.35. The van der Waals surface area contributed by atoms with E-state index >= 15 is 0 Å². The van der Waals surface area contributed by atoms with Crippen molar-refractivity contribution in [1.29, 1.82) is 0 Å². The number of likely N-dealkylation sites (tertiary alicyclic amines) is 1. The molecule has 0 unspecified atom stereocenters. The van der Waals surface area contributed by atoms with Gasteiger partial charge in [0, 0.05) is 36.8 Å². The lowest BCUT2D eigenvalue weighted by Crippen LogP contribution is -2.39. The Labute approximate surface area is 159 Å².